The molecule has 5 nitrogen and oxygen atoms in total. The van der Waals surface area contributed by atoms with Gasteiger partial charge in [-0.3, -0.25) is 4.79 Å². The highest BCUT2D eigenvalue weighted by Crippen LogP contribution is 2.23. The lowest BCUT2D eigenvalue weighted by Gasteiger charge is -2.19. The number of Topliss-reactive ketones (excluding diaryl/α,β-unsaturated/α-hetero) is 1. The Kier molecular flexibility index (Phi) is 4.57. The number of carbonyl (C=O) groups is 1. The number of rotatable bonds is 5. The first-order chi connectivity index (χ1) is 8.60. The number of benzene rings is 1. The van der Waals surface area contributed by atoms with Crippen molar-refractivity contribution in [3.63, 3.8) is 0 Å². The van der Waals surface area contributed by atoms with Crippen molar-refractivity contribution in [2.24, 2.45) is 0 Å². The van der Waals surface area contributed by atoms with Gasteiger partial charge in [-0.25, -0.2) is 8.42 Å². The summed E-state index contributed by atoms with van der Waals surface area (Å²) in [5.41, 5.74) is 2.14. The number of hydrogen-bond donors (Lipinski definition) is 0. The average molecular weight is 284 g/mol. The fraction of sp³-hybridized carbons (Fsp3) is 0.462. The lowest BCUT2D eigenvalue weighted by molar-refractivity contribution is 0.102. The summed E-state index contributed by atoms with van der Waals surface area (Å²) in [7, 11) is 4.18. The molecular formula is C13H20N2O3S. The molecule has 0 spiro atoms. The SMILES string of the molecule is CN(C)c1cc(C(=O)CS(C)(=O)=O)cc(N(C)C)c1. The Morgan fingerprint density at radius 3 is 1.74 bits per heavy atom. The molecule has 0 atom stereocenters. The molecule has 0 N–H and O–H groups in total. The number of sulfone groups is 1. The van der Waals surface area contributed by atoms with Gasteiger partial charge in [0.05, 0.1) is 0 Å². The van der Waals surface area contributed by atoms with Crippen LogP contribution in [0.2, 0.25) is 0 Å². The first kappa shape index (κ1) is 15.5. The number of anilines is 2. The summed E-state index contributed by atoms with van der Waals surface area (Å²) < 4.78 is 22.4. The zero-order valence-electron chi connectivity index (χ0n) is 12.0. The van der Waals surface area contributed by atoms with Crippen LogP contribution < -0.4 is 9.80 Å². The maximum Gasteiger partial charge on any atom is 0.178 e. The third-order valence-corrected chi connectivity index (χ3v) is 3.44. The van der Waals surface area contributed by atoms with E-state index in [-0.39, 0.29) is 5.78 Å². The lowest BCUT2D eigenvalue weighted by Crippen LogP contribution is -2.18. The highest BCUT2D eigenvalue weighted by atomic mass is 32.2. The monoisotopic (exact) mass is 284 g/mol. The van der Waals surface area contributed by atoms with Gasteiger partial charge in [0, 0.05) is 51.4 Å². The van der Waals surface area contributed by atoms with E-state index in [2.05, 4.69) is 0 Å². The third-order valence-electron chi connectivity index (χ3n) is 2.65. The molecule has 0 bridgehead atoms. The van der Waals surface area contributed by atoms with Crippen LogP contribution in [-0.4, -0.2) is 54.4 Å². The highest BCUT2D eigenvalue weighted by Gasteiger charge is 2.15. The van der Waals surface area contributed by atoms with E-state index in [1.165, 1.54) is 0 Å². The van der Waals surface area contributed by atoms with Crippen molar-refractivity contribution in [2.45, 2.75) is 0 Å². The molecule has 0 amide bonds. The van der Waals surface area contributed by atoms with E-state index in [0.29, 0.717) is 5.56 Å². The Morgan fingerprint density at radius 2 is 1.42 bits per heavy atom. The second-order valence-corrected chi connectivity index (χ2v) is 7.16. The van der Waals surface area contributed by atoms with Gasteiger partial charge in [0.25, 0.3) is 0 Å². The zero-order chi connectivity index (χ0) is 14.8. The van der Waals surface area contributed by atoms with E-state index in [9.17, 15) is 13.2 Å². The molecule has 0 aliphatic heterocycles. The van der Waals surface area contributed by atoms with Crippen LogP contribution in [0.5, 0.6) is 0 Å². The van der Waals surface area contributed by atoms with E-state index in [0.717, 1.165) is 17.6 Å². The van der Waals surface area contributed by atoms with Gasteiger partial charge in [-0.2, -0.15) is 0 Å². The van der Waals surface area contributed by atoms with Crippen LogP contribution in [-0.2, 0) is 9.84 Å². The van der Waals surface area contributed by atoms with Crippen LogP contribution in [0.4, 0.5) is 11.4 Å². The average Bonchev–Trinajstić information content (AvgIpc) is 2.25. The summed E-state index contributed by atoms with van der Waals surface area (Å²) in [6.45, 7) is 0. The Morgan fingerprint density at radius 1 is 1.00 bits per heavy atom. The van der Waals surface area contributed by atoms with Crippen LogP contribution >= 0.6 is 0 Å². The van der Waals surface area contributed by atoms with Crippen molar-refractivity contribution in [1.29, 1.82) is 0 Å². The molecule has 0 aromatic heterocycles. The zero-order valence-corrected chi connectivity index (χ0v) is 12.8. The van der Waals surface area contributed by atoms with Crippen LogP contribution in [0.3, 0.4) is 0 Å². The molecule has 6 heteroatoms. The molecule has 1 rings (SSSR count). The largest absolute Gasteiger partial charge is 0.378 e. The Labute approximate surface area is 114 Å². The molecular weight excluding hydrogens is 264 g/mol. The van der Waals surface area contributed by atoms with Crippen LogP contribution in [0, 0.1) is 0 Å². The van der Waals surface area contributed by atoms with Crippen molar-refractivity contribution in [2.75, 3.05) is 50.0 Å². The van der Waals surface area contributed by atoms with Crippen molar-refractivity contribution in [3.05, 3.63) is 23.8 Å². The number of ketones is 1. The Balaban J connectivity index is 3.23. The number of hydrogen-bond acceptors (Lipinski definition) is 5. The Hall–Kier alpha value is -1.56. The molecule has 0 saturated carbocycles. The third kappa shape index (κ3) is 4.55. The molecule has 0 unspecified atom stereocenters. The van der Waals surface area contributed by atoms with Gasteiger partial charge in [-0.1, -0.05) is 0 Å². The van der Waals surface area contributed by atoms with Crippen LogP contribution in [0.1, 0.15) is 10.4 Å². The first-order valence-electron chi connectivity index (χ1n) is 5.81. The summed E-state index contributed by atoms with van der Waals surface area (Å²) in [6, 6.07) is 5.36. The second kappa shape index (κ2) is 5.61. The van der Waals surface area contributed by atoms with Gasteiger partial charge in [0.1, 0.15) is 5.75 Å². The summed E-state index contributed by atoms with van der Waals surface area (Å²) in [6.07, 6.45) is 1.06. The molecule has 1 aromatic rings. The van der Waals surface area contributed by atoms with Crippen LogP contribution in [0.15, 0.2) is 18.2 Å². The predicted octanol–water partition coefficient (Wildman–Crippen LogP) is 1.05. The molecule has 0 saturated heterocycles. The molecule has 0 heterocycles. The first-order valence-corrected chi connectivity index (χ1v) is 7.87. The van der Waals surface area contributed by atoms with E-state index >= 15 is 0 Å². The maximum absolute atomic E-state index is 12.0. The summed E-state index contributed by atoms with van der Waals surface area (Å²) in [5, 5.41) is 0. The summed E-state index contributed by atoms with van der Waals surface area (Å²) in [5.74, 6) is -0.842. The van der Waals surface area contributed by atoms with Crippen LogP contribution in [0.25, 0.3) is 0 Å². The minimum absolute atomic E-state index is 0.380. The molecule has 1 aromatic carbocycles. The van der Waals surface area contributed by atoms with Crippen molar-refractivity contribution < 1.29 is 13.2 Å². The minimum Gasteiger partial charge on any atom is -0.378 e. The molecule has 0 fully saturated rings. The van der Waals surface area contributed by atoms with E-state index in [1.807, 2.05) is 44.1 Å². The van der Waals surface area contributed by atoms with Crippen molar-refractivity contribution in [1.82, 2.24) is 0 Å². The van der Waals surface area contributed by atoms with Crippen molar-refractivity contribution in [3.8, 4) is 0 Å². The van der Waals surface area contributed by atoms with Crippen molar-refractivity contribution >= 4 is 27.0 Å². The van der Waals surface area contributed by atoms with E-state index in [1.54, 1.807) is 12.1 Å². The minimum atomic E-state index is -3.31. The molecule has 19 heavy (non-hydrogen) atoms. The van der Waals surface area contributed by atoms with Gasteiger partial charge in [0.2, 0.25) is 0 Å². The van der Waals surface area contributed by atoms with Gasteiger partial charge < -0.3 is 9.80 Å². The molecule has 0 radical (unpaired) electrons. The number of carbonyl (C=O) groups excluding carboxylic acids is 1. The highest BCUT2D eigenvalue weighted by molar-refractivity contribution is 7.91. The van der Waals surface area contributed by atoms with Gasteiger partial charge in [-0.15, -0.1) is 0 Å². The maximum atomic E-state index is 12.0. The molecule has 0 aliphatic carbocycles. The van der Waals surface area contributed by atoms with Gasteiger partial charge >= 0.3 is 0 Å². The van der Waals surface area contributed by atoms with E-state index in [4.69, 9.17) is 0 Å². The summed E-state index contributed by atoms with van der Waals surface area (Å²) >= 11 is 0. The fourth-order valence-corrected chi connectivity index (χ4v) is 2.24. The molecule has 0 aliphatic rings. The number of nitrogens with zero attached hydrogens (tertiary/aromatic N) is 2. The molecule has 106 valence electrons. The Bertz CT molecular complexity index is 551. The smallest absolute Gasteiger partial charge is 0.178 e. The fourth-order valence-electron chi connectivity index (χ4n) is 1.59. The predicted molar refractivity (Wildman–Crippen MR) is 79.1 cm³/mol. The second-order valence-electron chi connectivity index (χ2n) is 5.02. The quantitative estimate of drug-likeness (QED) is 0.756. The van der Waals surface area contributed by atoms with E-state index < -0.39 is 15.6 Å². The van der Waals surface area contributed by atoms with Gasteiger partial charge in [-0.05, 0) is 18.2 Å². The lowest BCUT2D eigenvalue weighted by atomic mass is 10.1. The standard InChI is InChI=1S/C13H20N2O3S/c1-14(2)11-6-10(7-12(8-11)15(3)4)13(16)9-19(5,17)18/h6-8H,9H2,1-5H3. The topological polar surface area (TPSA) is 57.7 Å². The summed E-state index contributed by atoms with van der Waals surface area (Å²) in [4.78, 5) is 15.8. The normalized spacial score (nSPS) is 11.2. The van der Waals surface area contributed by atoms with Gasteiger partial charge in [0.15, 0.2) is 15.6 Å².